The van der Waals surface area contributed by atoms with Gasteiger partial charge in [-0.3, -0.25) is 4.90 Å². The first-order chi connectivity index (χ1) is 11.7. The van der Waals surface area contributed by atoms with Gasteiger partial charge in [-0.05, 0) is 73.6 Å². The number of rotatable bonds is 3. The molecule has 1 aliphatic carbocycles. The van der Waals surface area contributed by atoms with Crippen molar-refractivity contribution in [3.63, 3.8) is 0 Å². The normalized spacial score (nSPS) is 30.5. The summed E-state index contributed by atoms with van der Waals surface area (Å²) in [7, 11) is 0. The number of hydrogen-bond donors (Lipinski definition) is 1. The Balaban J connectivity index is 1.53. The minimum atomic E-state index is 0.727. The molecule has 4 rings (SSSR count). The van der Waals surface area contributed by atoms with E-state index in [4.69, 9.17) is 0 Å². The Morgan fingerprint density at radius 3 is 2.79 bits per heavy atom. The van der Waals surface area contributed by atoms with Gasteiger partial charge in [0, 0.05) is 24.8 Å². The van der Waals surface area contributed by atoms with Gasteiger partial charge in [0.15, 0.2) is 0 Å². The molecule has 1 aromatic carbocycles. The lowest BCUT2D eigenvalue weighted by molar-refractivity contribution is 0.0547. The SMILES string of the molecule is CC(C)C1CCNc2ccc(CN3CCC[C@H]4CCCC[C@@H]43)cc21. The molecule has 0 bridgehead atoms. The fourth-order valence-electron chi connectivity index (χ4n) is 5.55. The summed E-state index contributed by atoms with van der Waals surface area (Å²) in [6, 6.07) is 8.11. The summed E-state index contributed by atoms with van der Waals surface area (Å²) in [4.78, 5) is 2.82. The van der Waals surface area contributed by atoms with E-state index >= 15 is 0 Å². The first-order valence-electron chi connectivity index (χ1n) is 10.3. The van der Waals surface area contributed by atoms with E-state index in [1.807, 2.05) is 0 Å². The van der Waals surface area contributed by atoms with Gasteiger partial charge in [0.2, 0.25) is 0 Å². The van der Waals surface area contributed by atoms with E-state index in [0.29, 0.717) is 0 Å². The summed E-state index contributed by atoms with van der Waals surface area (Å²) in [6.45, 7) is 8.36. The van der Waals surface area contributed by atoms with Gasteiger partial charge in [0.1, 0.15) is 0 Å². The van der Waals surface area contributed by atoms with Crippen LogP contribution in [0.3, 0.4) is 0 Å². The molecule has 0 amide bonds. The molecule has 3 aliphatic rings. The van der Waals surface area contributed by atoms with Crippen LogP contribution in [0.1, 0.15) is 75.8 Å². The van der Waals surface area contributed by atoms with E-state index in [1.54, 1.807) is 5.56 Å². The Labute approximate surface area is 148 Å². The van der Waals surface area contributed by atoms with Crippen molar-refractivity contribution >= 4 is 5.69 Å². The Kier molecular flexibility index (Phi) is 4.85. The number of fused-ring (bicyclic) bond motifs is 2. The van der Waals surface area contributed by atoms with Crippen molar-refractivity contribution in [2.45, 2.75) is 77.3 Å². The first kappa shape index (κ1) is 16.4. The summed E-state index contributed by atoms with van der Waals surface area (Å²) in [5, 5.41) is 3.61. The Morgan fingerprint density at radius 2 is 1.92 bits per heavy atom. The predicted molar refractivity (Wildman–Crippen MR) is 103 cm³/mol. The fourth-order valence-corrected chi connectivity index (χ4v) is 5.55. The molecule has 3 atom stereocenters. The standard InChI is InChI=1S/C22H34N2/c1-16(2)19-11-12-23-21-10-9-17(14-20(19)21)15-24-13-5-7-18-6-3-4-8-22(18)24/h9-10,14,16,18-19,22-23H,3-8,11-13,15H2,1-2H3/t18-,19?,22+/m1/s1. The maximum absolute atomic E-state index is 3.61. The summed E-state index contributed by atoms with van der Waals surface area (Å²) in [6.07, 6.45) is 9.99. The molecule has 1 aromatic rings. The van der Waals surface area contributed by atoms with E-state index in [9.17, 15) is 0 Å². The molecule has 2 nitrogen and oxygen atoms in total. The average Bonchev–Trinajstić information content (AvgIpc) is 2.61. The van der Waals surface area contributed by atoms with Gasteiger partial charge in [0.05, 0.1) is 0 Å². The molecule has 24 heavy (non-hydrogen) atoms. The monoisotopic (exact) mass is 326 g/mol. The molecule has 2 aliphatic heterocycles. The van der Waals surface area contributed by atoms with Gasteiger partial charge in [-0.1, -0.05) is 38.8 Å². The van der Waals surface area contributed by atoms with E-state index in [-0.39, 0.29) is 0 Å². The lowest BCUT2D eigenvalue weighted by Gasteiger charge is -2.44. The summed E-state index contributed by atoms with van der Waals surface area (Å²) >= 11 is 0. The van der Waals surface area contributed by atoms with Gasteiger partial charge in [0.25, 0.3) is 0 Å². The van der Waals surface area contributed by atoms with Crippen molar-refractivity contribution in [2.24, 2.45) is 11.8 Å². The van der Waals surface area contributed by atoms with Gasteiger partial charge < -0.3 is 5.32 Å². The highest BCUT2D eigenvalue weighted by Gasteiger charge is 2.33. The quantitative estimate of drug-likeness (QED) is 0.800. The maximum atomic E-state index is 3.61. The average molecular weight is 327 g/mol. The zero-order valence-corrected chi connectivity index (χ0v) is 15.6. The van der Waals surface area contributed by atoms with Crippen LogP contribution in [0.25, 0.3) is 0 Å². The third-order valence-corrected chi connectivity index (χ3v) is 6.83. The number of benzene rings is 1. The van der Waals surface area contributed by atoms with Crippen molar-refractivity contribution in [1.82, 2.24) is 4.90 Å². The second-order valence-electron chi connectivity index (χ2n) is 8.71. The number of nitrogens with one attached hydrogen (secondary N) is 1. The van der Waals surface area contributed by atoms with Crippen LogP contribution in [0, 0.1) is 11.8 Å². The number of anilines is 1. The van der Waals surface area contributed by atoms with Gasteiger partial charge in [-0.25, -0.2) is 0 Å². The molecule has 1 saturated heterocycles. The molecular weight excluding hydrogens is 292 g/mol. The van der Waals surface area contributed by atoms with E-state index in [1.165, 1.54) is 69.3 Å². The van der Waals surface area contributed by atoms with E-state index < -0.39 is 0 Å². The van der Waals surface area contributed by atoms with Crippen molar-refractivity contribution in [3.05, 3.63) is 29.3 Å². The van der Waals surface area contributed by atoms with Gasteiger partial charge in [-0.2, -0.15) is 0 Å². The molecule has 2 heteroatoms. The lowest BCUT2D eigenvalue weighted by Crippen LogP contribution is -2.46. The minimum Gasteiger partial charge on any atom is -0.385 e. The second-order valence-corrected chi connectivity index (χ2v) is 8.71. The fraction of sp³-hybridized carbons (Fsp3) is 0.727. The smallest absolute Gasteiger partial charge is 0.0375 e. The molecule has 1 N–H and O–H groups in total. The van der Waals surface area contributed by atoms with Crippen molar-refractivity contribution in [3.8, 4) is 0 Å². The number of likely N-dealkylation sites (tertiary alicyclic amines) is 1. The van der Waals surface area contributed by atoms with Crippen LogP contribution in [0.5, 0.6) is 0 Å². The summed E-state index contributed by atoms with van der Waals surface area (Å²) in [5.41, 5.74) is 4.50. The summed E-state index contributed by atoms with van der Waals surface area (Å²) in [5.74, 6) is 2.44. The first-order valence-corrected chi connectivity index (χ1v) is 10.3. The second kappa shape index (κ2) is 7.07. The molecular formula is C22H34N2. The molecule has 0 aromatic heterocycles. The molecule has 0 spiro atoms. The molecule has 2 heterocycles. The number of hydrogen-bond acceptors (Lipinski definition) is 2. The Hall–Kier alpha value is -1.02. The third kappa shape index (κ3) is 3.22. The topological polar surface area (TPSA) is 15.3 Å². The molecule has 0 radical (unpaired) electrons. The number of piperidine rings is 1. The Morgan fingerprint density at radius 1 is 1.08 bits per heavy atom. The number of nitrogens with zero attached hydrogens (tertiary/aromatic N) is 1. The van der Waals surface area contributed by atoms with Crippen LogP contribution in [-0.2, 0) is 6.54 Å². The maximum Gasteiger partial charge on any atom is 0.0375 e. The Bertz CT molecular complexity index is 563. The molecule has 2 fully saturated rings. The predicted octanol–water partition coefficient (Wildman–Crippen LogP) is 5.40. The zero-order valence-electron chi connectivity index (χ0n) is 15.6. The lowest BCUT2D eigenvalue weighted by atomic mass is 9.78. The molecule has 1 saturated carbocycles. The highest BCUT2D eigenvalue weighted by molar-refractivity contribution is 5.56. The van der Waals surface area contributed by atoms with Gasteiger partial charge >= 0.3 is 0 Å². The van der Waals surface area contributed by atoms with E-state index in [2.05, 4.69) is 42.3 Å². The molecule has 132 valence electrons. The van der Waals surface area contributed by atoms with Crippen LogP contribution in [0.2, 0.25) is 0 Å². The van der Waals surface area contributed by atoms with Crippen molar-refractivity contribution in [1.29, 1.82) is 0 Å². The van der Waals surface area contributed by atoms with Crippen molar-refractivity contribution in [2.75, 3.05) is 18.4 Å². The van der Waals surface area contributed by atoms with E-state index in [0.717, 1.165) is 30.3 Å². The van der Waals surface area contributed by atoms with Crippen LogP contribution in [0.15, 0.2) is 18.2 Å². The van der Waals surface area contributed by atoms with Crippen molar-refractivity contribution < 1.29 is 0 Å². The van der Waals surface area contributed by atoms with Crippen LogP contribution >= 0.6 is 0 Å². The zero-order chi connectivity index (χ0) is 16.5. The van der Waals surface area contributed by atoms with Crippen LogP contribution < -0.4 is 5.32 Å². The summed E-state index contributed by atoms with van der Waals surface area (Å²) < 4.78 is 0. The van der Waals surface area contributed by atoms with Gasteiger partial charge in [-0.15, -0.1) is 0 Å². The molecule has 1 unspecified atom stereocenters. The van der Waals surface area contributed by atoms with Crippen LogP contribution in [-0.4, -0.2) is 24.0 Å². The van der Waals surface area contributed by atoms with Crippen LogP contribution in [0.4, 0.5) is 5.69 Å². The highest BCUT2D eigenvalue weighted by atomic mass is 15.2. The highest BCUT2D eigenvalue weighted by Crippen LogP contribution is 2.39. The minimum absolute atomic E-state index is 0.727. The largest absolute Gasteiger partial charge is 0.385 e. The third-order valence-electron chi connectivity index (χ3n) is 6.83.